The van der Waals surface area contributed by atoms with Crippen molar-refractivity contribution in [2.75, 3.05) is 47.6 Å². The fourth-order valence-corrected chi connectivity index (χ4v) is 3.99. The predicted octanol–water partition coefficient (Wildman–Crippen LogP) is -1.20. The maximum Gasteiger partial charge on any atom is 0.346 e. The molecule has 1 aromatic heterocycles. The highest BCUT2D eigenvalue weighted by Gasteiger charge is 2.33. The maximum atomic E-state index is 11.2. The van der Waals surface area contributed by atoms with E-state index in [-0.39, 0.29) is 24.2 Å². The molecule has 7 N–H and O–H groups in total. The molecule has 150 valence electrons. The molecule has 1 atom stereocenters. The van der Waals surface area contributed by atoms with Crippen LogP contribution in [0.15, 0.2) is 6.07 Å². The lowest BCUT2D eigenvalue weighted by Gasteiger charge is -2.26. The summed E-state index contributed by atoms with van der Waals surface area (Å²) < 4.78 is 0.438. The van der Waals surface area contributed by atoms with Gasteiger partial charge in [0.1, 0.15) is 6.04 Å². The van der Waals surface area contributed by atoms with Crippen LogP contribution in [0.25, 0.3) is 0 Å². The fourth-order valence-electron chi connectivity index (χ4n) is 2.81. The van der Waals surface area contributed by atoms with Crippen LogP contribution >= 0.6 is 11.8 Å². The number of aliphatic carboxylic acids is 1. The van der Waals surface area contributed by atoms with Gasteiger partial charge in [-0.1, -0.05) is 4.98 Å². The summed E-state index contributed by atoms with van der Waals surface area (Å²) in [5.74, 6) is 0.360. The Bertz CT molecular complexity index is 661. The molecule has 0 spiro atoms. The number of nitrogen functional groups attached to an aromatic ring is 2. The van der Waals surface area contributed by atoms with Gasteiger partial charge in [-0.15, -0.1) is 11.8 Å². The van der Waals surface area contributed by atoms with Crippen LogP contribution in [-0.4, -0.2) is 64.2 Å². The Morgan fingerprint density at radius 3 is 2.56 bits per heavy atom. The minimum atomic E-state index is -0.957. The zero-order valence-corrected chi connectivity index (χ0v) is 15.7. The van der Waals surface area contributed by atoms with Crippen LogP contribution in [-0.2, 0) is 9.59 Å². The van der Waals surface area contributed by atoms with Gasteiger partial charge >= 0.3 is 11.9 Å². The molecule has 0 aromatic carbocycles. The number of amides is 1. The Balaban J connectivity index is 0.000000199. The smallest absolute Gasteiger partial charge is 0.346 e. The van der Waals surface area contributed by atoms with E-state index in [9.17, 15) is 14.8 Å². The minimum Gasteiger partial charge on any atom is -0.754 e. The number of anilines is 3. The maximum absolute atomic E-state index is 11.2. The number of aromatic nitrogens is 2. The van der Waals surface area contributed by atoms with E-state index in [4.69, 9.17) is 22.3 Å². The van der Waals surface area contributed by atoms with E-state index in [1.54, 1.807) is 6.07 Å². The molecule has 0 radical (unpaired) electrons. The highest BCUT2D eigenvalue weighted by atomic mass is 32.2. The molecule has 3 rings (SSSR count). The fraction of sp³-hybridized carbons (Fsp3) is 0.600. The van der Waals surface area contributed by atoms with Gasteiger partial charge < -0.3 is 37.3 Å². The molecule has 2 saturated heterocycles. The van der Waals surface area contributed by atoms with Crippen LogP contribution in [0.1, 0.15) is 19.3 Å². The summed E-state index contributed by atoms with van der Waals surface area (Å²) in [5, 5.41) is 19.9. The van der Waals surface area contributed by atoms with E-state index in [1.807, 2.05) is 0 Å². The van der Waals surface area contributed by atoms with E-state index in [2.05, 4.69) is 9.88 Å². The SMILES string of the molecule is NCC(=O)N1CSCC1C(=O)O.Nc1cc(N2CCCCC2)nc(N)[n+]1[O-]. The van der Waals surface area contributed by atoms with Crippen molar-refractivity contribution in [2.45, 2.75) is 25.3 Å². The number of carbonyl (C=O) groups is 2. The lowest BCUT2D eigenvalue weighted by atomic mass is 10.1. The van der Waals surface area contributed by atoms with Gasteiger partial charge in [0, 0.05) is 18.8 Å². The van der Waals surface area contributed by atoms with Gasteiger partial charge in [0.25, 0.3) is 0 Å². The first-order chi connectivity index (χ1) is 12.8. The summed E-state index contributed by atoms with van der Waals surface area (Å²) in [6, 6.07) is 0.889. The van der Waals surface area contributed by atoms with Crippen molar-refractivity contribution >= 4 is 41.2 Å². The molecule has 27 heavy (non-hydrogen) atoms. The Morgan fingerprint density at radius 1 is 1.33 bits per heavy atom. The van der Waals surface area contributed by atoms with Crippen LogP contribution in [0.2, 0.25) is 0 Å². The number of nitrogens with two attached hydrogens (primary N) is 3. The normalized spacial score (nSPS) is 19.4. The molecule has 12 heteroatoms. The number of carbonyl (C=O) groups excluding carboxylic acids is 1. The van der Waals surface area contributed by atoms with E-state index in [0.717, 1.165) is 25.9 Å². The van der Waals surface area contributed by atoms with Gasteiger partial charge in [0.15, 0.2) is 11.6 Å². The Morgan fingerprint density at radius 2 is 2.00 bits per heavy atom. The van der Waals surface area contributed by atoms with Crippen LogP contribution < -0.4 is 26.8 Å². The number of carboxylic acid groups (broad SMARTS) is 1. The number of rotatable bonds is 3. The quantitative estimate of drug-likeness (QED) is 0.356. The lowest BCUT2D eigenvalue weighted by molar-refractivity contribution is -0.576. The third-order valence-electron chi connectivity index (χ3n) is 4.29. The van der Waals surface area contributed by atoms with Crippen LogP contribution in [0.4, 0.5) is 17.6 Å². The molecule has 2 aliphatic rings. The first-order valence-electron chi connectivity index (χ1n) is 8.55. The number of carboxylic acids is 1. The van der Waals surface area contributed by atoms with Crippen molar-refractivity contribution in [3.8, 4) is 0 Å². The second-order valence-electron chi connectivity index (χ2n) is 6.16. The highest BCUT2D eigenvalue weighted by Crippen LogP contribution is 2.20. The molecule has 1 aromatic rings. The second kappa shape index (κ2) is 9.46. The highest BCUT2D eigenvalue weighted by molar-refractivity contribution is 7.99. The Kier molecular flexibility index (Phi) is 7.30. The second-order valence-corrected chi connectivity index (χ2v) is 7.16. The third-order valence-corrected chi connectivity index (χ3v) is 5.30. The summed E-state index contributed by atoms with van der Waals surface area (Å²) in [4.78, 5) is 29.1. The molecule has 1 unspecified atom stereocenters. The first kappa shape index (κ1) is 20.8. The summed E-state index contributed by atoms with van der Waals surface area (Å²) >= 11 is 1.43. The van der Waals surface area contributed by atoms with Gasteiger partial charge in [0.2, 0.25) is 5.91 Å². The van der Waals surface area contributed by atoms with E-state index in [1.165, 1.54) is 23.1 Å². The Labute approximate surface area is 161 Å². The molecular formula is C15H25N7O4S. The minimum absolute atomic E-state index is 0.0874. The molecular weight excluding hydrogens is 374 g/mol. The van der Waals surface area contributed by atoms with E-state index >= 15 is 0 Å². The van der Waals surface area contributed by atoms with Crippen LogP contribution in [0.5, 0.6) is 0 Å². The van der Waals surface area contributed by atoms with Crippen molar-refractivity contribution in [2.24, 2.45) is 5.73 Å². The number of hydrogen-bond acceptors (Lipinski definition) is 9. The molecule has 0 bridgehead atoms. The van der Waals surface area contributed by atoms with Gasteiger partial charge in [0.05, 0.1) is 18.5 Å². The van der Waals surface area contributed by atoms with Gasteiger partial charge in [-0.2, -0.15) is 0 Å². The zero-order chi connectivity index (χ0) is 20.0. The molecule has 3 heterocycles. The number of thioether (sulfide) groups is 1. The average Bonchev–Trinajstić information content (AvgIpc) is 3.16. The zero-order valence-electron chi connectivity index (χ0n) is 14.9. The topological polar surface area (TPSA) is 179 Å². The van der Waals surface area contributed by atoms with Crippen LogP contribution in [0, 0.1) is 5.21 Å². The number of hydrogen-bond donors (Lipinski definition) is 4. The summed E-state index contributed by atoms with van der Waals surface area (Å²) in [6.07, 6.45) is 3.54. The largest absolute Gasteiger partial charge is 0.754 e. The molecule has 1 amide bonds. The lowest BCUT2D eigenvalue weighted by Crippen LogP contribution is -2.44. The number of nitrogens with zero attached hydrogens (tertiary/aromatic N) is 4. The number of piperidine rings is 1. The van der Waals surface area contributed by atoms with Crippen molar-refractivity contribution in [1.82, 2.24) is 9.88 Å². The monoisotopic (exact) mass is 399 g/mol. The molecule has 11 nitrogen and oxygen atoms in total. The molecule has 2 aliphatic heterocycles. The summed E-state index contributed by atoms with van der Waals surface area (Å²) in [7, 11) is 0. The average molecular weight is 399 g/mol. The third kappa shape index (κ3) is 5.26. The van der Waals surface area contributed by atoms with Crippen LogP contribution in [0.3, 0.4) is 0 Å². The molecule has 0 saturated carbocycles. The Hall–Kier alpha value is -2.47. The van der Waals surface area contributed by atoms with Crippen molar-refractivity contribution in [3.63, 3.8) is 0 Å². The van der Waals surface area contributed by atoms with Gasteiger partial charge in [-0.05, 0) is 19.3 Å². The van der Waals surface area contributed by atoms with Crippen molar-refractivity contribution in [3.05, 3.63) is 11.3 Å². The first-order valence-corrected chi connectivity index (χ1v) is 9.71. The van der Waals surface area contributed by atoms with E-state index < -0.39 is 12.0 Å². The van der Waals surface area contributed by atoms with Gasteiger partial charge in [-0.3, -0.25) is 4.79 Å². The molecule has 0 aliphatic carbocycles. The standard InChI is InChI=1S/C9H15N5O.C6H10N2O3S/c10-7-6-8(12-9(11)14(7)15)13-4-2-1-3-5-13;7-1-5(9)8-3-12-2-4(8)6(10)11/h6H,1-5,10H2,(H2,11,12);4H,1-3,7H2,(H,10,11). The van der Waals surface area contributed by atoms with Crippen molar-refractivity contribution < 1.29 is 19.4 Å². The van der Waals surface area contributed by atoms with Crippen molar-refractivity contribution in [1.29, 1.82) is 0 Å². The summed E-state index contributed by atoms with van der Waals surface area (Å²) in [6.45, 7) is 1.79. The molecule has 2 fully saturated rings. The van der Waals surface area contributed by atoms with Gasteiger partial charge in [-0.25, -0.2) is 9.52 Å². The predicted molar refractivity (Wildman–Crippen MR) is 103 cm³/mol. The summed E-state index contributed by atoms with van der Waals surface area (Å²) in [5.41, 5.74) is 16.1. The van der Waals surface area contributed by atoms with E-state index in [0.29, 0.717) is 22.2 Å².